The van der Waals surface area contributed by atoms with Crippen LogP contribution in [-0.2, 0) is 38.0 Å². The fourth-order valence-electron chi connectivity index (χ4n) is 6.40. The number of aliphatic hydroxyl groups excluding tert-OH is 8. The van der Waals surface area contributed by atoms with Crippen molar-refractivity contribution in [2.45, 2.75) is 199 Å². The molecule has 0 aromatic carbocycles. The van der Waals surface area contributed by atoms with Gasteiger partial charge in [-0.1, -0.05) is 13.8 Å². The lowest BCUT2D eigenvalue weighted by molar-refractivity contribution is -0.277. The maximum atomic E-state index is 10.8. The molecule has 5 aliphatic rings. The van der Waals surface area contributed by atoms with Gasteiger partial charge in [0.2, 0.25) is 0 Å². The van der Waals surface area contributed by atoms with E-state index in [0.29, 0.717) is 0 Å². The molecule has 5 rings (SSSR count). The Balaban J connectivity index is 0.000000233. The Kier molecular flexibility index (Phi) is 16.9. The Bertz CT molecular complexity index is 973. The van der Waals surface area contributed by atoms with E-state index < -0.39 is 67.0 Å². The molecule has 5 saturated heterocycles. The largest absolute Gasteiger partial charge is 0.457 e. The molecule has 0 saturated carbocycles. The summed E-state index contributed by atoms with van der Waals surface area (Å²) in [6.45, 7) is 21.5. The summed E-state index contributed by atoms with van der Waals surface area (Å²) in [5, 5.41) is 74.5. The summed E-state index contributed by atoms with van der Waals surface area (Å²) in [4.78, 5) is 10.8. The summed E-state index contributed by atoms with van der Waals surface area (Å²) in [6, 6.07) is 0. The number of hydrogen-bond donors (Lipinski definition) is 8. The first kappa shape index (κ1) is 45.1. The first-order chi connectivity index (χ1) is 22.9. The number of ether oxygens (including phenoxy) is 7. The van der Waals surface area contributed by atoms with Crippen LogP contribution in [0, 0.1) is 11.8 Å². The molecule has 16 heteroatoms. The third-order valence-corrected chi connectivity index (χ3v) is 10.0. The second-order valence-corrected chi connectivity index (χ2v) is 14.7. The van der Waals surface area contributed by atoms with E-state index in [1.165, 1.54) is 13.8 Å². The predicted octanol–water partition coefficient (Wildman–Crippen LogP) is -0.645. The monoisotopic (exact) mass is 728 g/mol. The summed E-state index contributed by atoms with van der Waals surface area (Å²) < 4.78 is 37.5. The molecule has 0 bridgehead atoms. The van der Waals surface area contributed by atoms with Crippen molar-refractivity contribution in [1.29, 1.82) is 0 Å². The molecular weight excluding hydrogens is 664 g/mol. The molecule has 9 unspecified atom stereocenters. The minimum atomic E-state index is -1.43. The number of rotatable bonds is 1. The van der Waals surface area contributed by atoms with E-state index in [1.54, 1.807) is 13.8 Å². The van der Waals surface area contributed by atoms with Crippen LogP contribution in [0.25, 0.3) is 0 Å². The van der Waals surface area contributed by atoms with Crippen molar-refractivity contribution in [3.63, 3.8) is 0 Å². The molecule has 0 radical (unpaired) electrons. The zero-order valence-electron chi connectivity index (χ0n) is 31.4. The smallest absolute Gasteiger partial charge is 0.303 e. The number of esters is 1. The predicted molar refractivity (Wildman–Crippen MR) is 176 cm³/mol. The third-order valence-electron chi connectivity index (χ3n) is 10.0. The maximum absolute atomic E-state index is 10.8. The van der Waals surface area contributed by atoms with Gasteiger partial charge in [0.1, 0.15) is 42.7 Å². The van der Waals surface area contributed by atoms with Crippen LogP contribution in [0.1, 0.15) is 83.1 Å². The van der Waals surface area contributed by atoms with Crippen LogP contribution in [0.4, 0.5) is 0 Å². The second-order valence-electron chi connectivity index (χ2n) is 14.7. The summed E-state index contributed by atoms with van der Waals surface area (Å²) in [5.41, 5.74) is 0. The van der Waals surface area contributed by atoms with Crippen molar-refractivity contribution in [1.82, 2.24) is 0 Å². The highest BCUT2D eigenvalue weighted by Crippen LogP contribution is 2.37. The highest BCUT2D eigenvalue weighted by molar-refractivity contribution is 5.66. The number of hydrogen-bond acceptors (Lipinski definition) is 16. The lowest BCUT2D eigenvalue weighted by Crippen LogP contribution is -2.56. The van der Waals surface area contributed by atoms with Crippen molar-refractivity contribution in [3.8, 4) is 0 Å². The van der Waals surface area contributed by atoms with E-state index in [-0.39, 0.29) is 66.6 Å². The van der Waals surface area contributed by atoms with Crippen LogP contribution in [0.5, 0.6) is 0 Å². The Morgan fingerprint density at radius 1 is 0.480 bits per heavy atom. The van der Waals surface area contributed by atoms with E-state index in [1.807, 2.05) is 55.4 Å². The van der Waals surface area contributed by atoms with Gasteiger partial charge in [-0.3, -0.25) is 4.79 Å². The summed E-state index contributed by atoms with van der Waals surface area (Å²) >= 11 is 0. The molecule has 5 fully saturated rings. The first-order valence-electron chi connectivity index (χ1n) is 17.5. The first-order valence-corrected chi connectivity index (χ1v) is 17.5. The lowest BCUT2D eigenvalue weighted by Gasteiger charge is -2.40. The van der Waals surface area contributed by atoms with E-state index in [0.717, 1.165) is 0 Å². The molecule has 296 valence electrons. The number of aliphatic hydroxyl groups is 8. The quantitative estimate of drug-likeness (QED) is 0.157. The van der Waals surface area contributed by atoms with Crippen molar-refractivity contribution in [2.75, 3.05) is 0 Å². The van der Waals surface area contributed by atoms with Crippen LogP contribution in [-0.4, -0.2) is 163 Å². The topological polar surface area (TPSA) is 244 Å². The van der Waals surface area contributed by atoms with E-state index in [9.17, 15) is 25.2 Å². The van der Waals surface area contributed by atoms with Gasteiger partial charge in [-0.05, 0) is 62.3 Å². The van der Waals surface area contributed by atoms with Crippen molar-refractivity contribution in [3.05, 3.63) is 0 Å². The Hall–Kier alpha value is -1.09. The van der Waals surface area contributed by atoms with Crippen molar-refractivity contribution in [2.24, 2.45) is 11.8 Å². The molecule has 16 nitrogen and oxygen atoms in total. The zero-order valence-corrected chi connectivity index (χ0v) is 31.4. The van der Waals surface area contributed by atoms with Crippen LogP contribution in [0.2, 0.25) is 0 Å². The summed E-state index contributed by atoms with van der Waals surface area (Å²) in [6.07, 6.45) is -10.3. The van der Waals surface area contributed by atoms with Gasteiger partial charge < -0.3 is 74.0 Å². The molecule has 8 N–H and O–H groups in total. The second kappa shape index (κ2) is 18.8. The summed E-state index contributed by atoms with van der Waals surface area (Å²) in [7, 11) is 0. The number of carbonyl (C=O) groups excluding carboxylic acids is 1. The molecule has 50 heavy (non-hydrogen) atoms. The number of fused-ring (bicyclic) bond motifs is 1. The van der Waals surface area contributed by atoms with Gasteiger partial charge in [-0.25, -0.2) is 0 Å². The van der Waals surface area contributed by atoms with Crippen LogP contribution < -0.4 is 0 Å². The van der Waals surface area contributed by atoms with Gasteiger partial charge in [0.05, 0.1) is 54.9 Å². The molecule has 0 spiro atoms. The van der Waals surface area contributed by atoms with Crippen LogP contribution in [0.15, 0.2) is 0 Å². The standard InChI is InChI=1S/2C10H18O4.C8H16O3.C6H12O5/c1-5-7(11)9-8(6(2)12-5)13-10(3,4)14-9;1-5-6(2)13-7(3)10(9(5)12)14-8(4)11;1-4-5(2)11-6(3)8(10)7(4)9;1-2-3(7)4(8)5(9)6(10)11-2/h5-9,11H,1-4H3;5-7,9-10,12H,1-4H3;4-10H,1-3H3;2-10H,1H3/t5?,6-,7-,8?,9-;5-,6?,7-,9-,10?;4-,5?,6-,7-,8?;2?,3-,4-,5?,6?/m0000/s1. The zero-order chi connectivity index (χ0) is 38.6. The summed E-state index contributed by atoms with van der Waals surface area (Å²) in [5.74, 6) is -0.999. The van der Waals surface area contributed by atoms with Crippen LogP contribution in [0.3, 0.4) is 0 Å². The Morgan fingerprint density at radius 3 is 1.44 bits per heavy atom. The highest BCUT2D eigenvalue weighted by Gasteiger charge is 2.52. The van der Waals surface area contributed by atoms with Gasteiger partial charge >= 0.3 is 5.97 Å². The average molecular weight is 729 g/mol. The molecule has 20 atom stereocenters. The third kappa shape index (κ3) is 11.5. The Labute approximate surface area is 295 Å². The van der Waals surface area contributed by atoms with Crippen molar-refractivity contribution >= 4 is 5.97 Å². The van der Waals surface area contributed by atoms with Gasteiger partial charge in [0.15, 0.2) is 18.2 Å². The van der Waals surface area contributed by atoms with Gasteiger partial charge in [0.25, 0.3) is 0 Å². The van der Waals surface area contributed by atoms with Crippen molar-refractivity contribution < 1.29 is 78.8 Å². The maximum Gasteiger partial charge on any atom is 0.303 e. The highest BCUT2D eigenvalue weighted by atomic mass is 16.8. The molecule has 0 amide bonds. The SMILES string of the molecule is CC(=O)OC1[C@H](C)OC(C)[C@H](C)[C@@H]1O.CC1OC(O)C(O)[C@@H](O)[C@H]1O.CC1O[C@@H](C)C(O)[C@@H](O)[C@H]1C.CC1O[C@@H](C)C2OC(C)(C)O[C@H]2[C@H]1O. The molecule has 0 aromatic heterocycles. The molecule has 5 heterocycles. The van der Waals surface area contributed by atoms with Gasteiger partial charge in [-0.15, -0.1) is 0 Å². The van der Waals surface area contributed by atoms with E-state index >= 15 is 0 Å². The Morgan fingerprint density at radius 2 is 0.900 bits per heavy atom. The van der Waals surface area contributed by atoms with Gasteiger partial charge in [0, 0.05) is 18.8 Å². The minimum Gasteiger partial charge on any atom is -0.457 e. The molecule has 0 aliphatic carbocycles. The average Bonchev–Trinajstić information content (AvgIpc) is 3.37. The normalized spacial score (nSPS) is 49.8. The fraction of sp³-hybridized carbons (Fsp3) is 0.971. The lowest BCUT2D eigenvalue weighted by atomic mass is 9.89. The number of carbonyl (C=O) groups is 1. The van der Waals surface area contributed by atoms with E-state index in [2.05, 4.69) is 4.74 Å². The van der Waals surface area contributed by atoms with Crippen LogP contribution >= 0.6 is 0 Å². The fourth-order valence-corrected chi connectivity index (χ4v) is 6.40. The van der Waals surface area contributed by atoms with E-state index in [4.69, 9.17) is 48.8 Å². The molecule has 5 aliphatic heterocycles. The molecule has 0 aromatic rings. The van der Waals surface area contributed by atoms with Gasteiger partial charge in [-0.2, -0.15) is 0 Å². The minimum absolute atomic E-state index is 0.00759. The molecular formula is C34H64O16.